The summed E-state index contributed by atoms with van der Waals surface area (Å²) in [4.78, 5) is 35.0. The molecular formula is C18H15ClN4O3. The van der Waals surface area contributed by atoms with E-state index in [4.69, 9.17) is 11.6 Å². The Morgan fingerprint density at radius 2 is 1.96 bits per heavy atom. The number of aromatic nitrogens is 3. The van der Waals surface area contributed by atoms with Gasteiger partial charge in [-0.3, -0.25) is 14.6 Å². The molecule has 2 aromatic heterocycles. The molecule has 7 nitrogen and oxygen atoms in total. The predicted octanol–water partition coefficient (Wildman–Crippen LogP) is 1.95. The van der Waals surface area contributed by atoms with Gasteiger partial charge in [0.25, 0.3) is 11.5 Å². The van der Waals surface area contributed by atoms with Crippen molar-refractivity contribution in [2.45, 2.75) is 6.10 Å². The first kappa shape index (κ1) is 17.8. The number of carbonyl (C=O) groups excluding carboxylic acids is 1. The summed E-state index contributed by atoms with van der Waals surface area (Å²) < 4.78 is 0. The number of H-pyrrole nitrogens is 1. The molecule has 0 fully saturated rings. The largest absolute Gasteiger partial charge is 0.387 e. The second kappa shape index (κ2) is 7.90. The van der Waals surface area contributed by atoms with Gasteiger partial charge in [0.2, 0.25) is 0 Å². The van der Waals surface area contributed by atoms with Crippen LogP contribution in [0.3, 0.4) is 0 Å². The van der Waals surface area contributed by atoms with Gasteiger partial charge in [-0.05, 0) is 18.2 Å². The summed E-state index contributed by atoms with van der Waals surface area (Å²) in [5, 5.41) is 13.0. The Hall–Kier alpha value is -3.03. The number of aromatic amines is 1. The number of halogens is 1. The fraction of sp³-hybridized carbons (Fsp3) is 0.111. The van der Waals surface area contributed by atoms with Crippen molar-refractivity contribution in [3.8, 4) is 11.5 Å². The average Bonchev–Trinajstić information content (AvgIpc) is 2.67. The van der Waals surface area contributed by atoms with E-state index in [0.717, 1.165) is 0 Å². The molecule has 0 aliphatic rings. The van der Waals surface area contributed by atoms with Crippen LogP contribution in [0.1, 0.15) is 22.0 Å². The Bertz CT molecular complexity index is 975. The lowest BCUT2D eigenvalue weighted by atomic mass is 10.1. The van der Waals surface area contributed by atoms with Crippen LogP contribution >= 0.6 is 11.6 Å². The van der Waals surface area contributed by atoms with Crippen molar-refractivity contribution in [2.24, 2.45) is 0 Å². The molecule has 26 heavy (non-hydrogen) atoms. The standard InChI is InChI=1S/C18H15ClN4O3/c19-13-6-2-1-5-11(13)15(24)10-22-17(25)12-9-21-16(23-18(12)26)14-7-3-4-8-20-14/h1-9,15,24H,10H2,(H,22,25)(H,21,23,26)/t15-/m1/s1. The number of rotatable bonds is 5. The predicted molar refractivity (Wildman–Crippen MR) is 96.8 cm³/mol. The van der Waals surface area contributed by atoms with Gasteiger partial charge in [0.1, 0.15) is 11.3 Å². The molecule has 8 heteroatoms. The van der Waals surface area contributed by atoms with E-state index in [2.05, 4.69) is 20.3 Å². The van der Waals surface area contributed by atoms with E-state index in [1.807, 2.05) is 0 Å². The fourth-order valence-corrected chi connectivity index (χ4v) is 2.59. The molecule has 3 N–H and O–H groups in total. The summed E-state index contributed by atoms with van der Waals surface area (Å²) in [6.07, 6.45) is 1.76. The Morgan fingerprint density at radius 1 is 1.19 bits per heavy atom. The smallest absolute Gasteiger partial charge is 0.264 e. The van der Waals surface area contributed by atoms with Crippen LogP contribution in [0.4, 0.5) is 0 Å². The number of pyridine rings is 1. The summed E-state index contributed by atoms with van der Waals surface area (Å²) in [5.74, 6) is -0.374. The number of hydrogen-bond donors (Lipinski definition) is 3. The maximum atomic E-state index is 12.2. The van der Waals surface area contributed by atoms with Crippen molar-refractivity contribution in [1.82, 2.24) is 20.3 Å². The van der Waals surface area contributed by atoms with Crippen molar-refractivity contribution >= 4 is 17.5 Å². The summed E-state index contributed by atoms with van der Waals surface area (Å²) in [5.41, 5.74) is 0.235. The molecule has 3 aromatic rings. The van der Waals surface area contributed by atoms with Crippen LogP contribution in [-0.4, -0.2) is 32.5 Å². The minimum absolute atomic E-state index is 0.0933. The zero-order valence-corrected chi connectivity index (χ0v) is 14.3. The number of hydrogen-bond acceptors (Lipinski definition) is 5. The Balaban J connectivity index is 1.70. The zero-order chi connectivity index (χ0) is 18.5. The Morgan fingerprint density at radius 3 is 2.65 bits per heavy atom. The lowest BCUT2D eigenvalue weighted by molar-refractivity contribution is 0.0914. The van der Waals surface area contributed by atoms with Crippen molar-refractivity contribution in [1.29, 1.82) is 0 Å². The minimum atomic E-state index is -0.993. The second-order valence-electron chi connectivity index (χ2n) is 5.44. The van der Waals surface area contributed by atoms with Crippen LogP contribution in [0.2, 0.25) is 5.02 Å². The Labute approximate surface area is 153 Å². The van der Waals surface area contributed by atoms with E-state index in [-0.39, 0.29) is 17.9 Å². The fourth-order valence-electron chi connectivity index (χ4n) is 2.33. The molecule has 2 heterocycles. The third-order valence-corrected chi connectivity index (χ3v) is 4.02. The quantitative estimate of drug-likeness (QED) is 0.636. The van der Waals surface area contributed by atoms with Gasteiger partial charge >= 0.3 is 0 Å². The third kappa shape index (κ3) is 3.96. The zero-order valence-electron chi connectivity index (χ0n) is 13.5. The molecule has 0 saturated carbocycles. The van der Waals surface area contributed by atoms with Crippen molar-refractivity contribution in [2.75, 3.05) is 6.54 Å². The highest BCUT2D eigenvalue weighted by molar-refractivity contribution is 6.31. The summed E-state index contributed by atoms with van der Waals surface area (Å²) in [7, 11) is 0. The minimum Gasteiger partial charge on any atom is -0.387 e. The monoisotopic (exact) mass is 370 g/mol. The molecule has 0 aliphatic carbocycles. The van der Waals surface area contributed by atoms with Crippen LogP contribution < -0.4 is 10.9 Å². The topological polar surface area (TPSA) is 108 Å². The first-order valence-electron chi connectivity index (χ1n) is 7.77. The molecule has 0 saturated heterocycles. The van der Waals surface area contributed by atoms with Gasteiger partial charge in [-0.25, -0.2) is 4.98 Å². The van der Waals surface area contributed by atoms with Gasteiger partial charge in [0.05, 0.1) is 6.10 Å². The number of nitrogens with one attached hydrogen (secondary N) is 2. The van der Waals surface area contributed by atoms with Crippen molar-refractivity contribution in [3.05, 3.63) is 81.4 Å². The van der Waals surface area contributed by atoms with Gasteiger partial charge in [0, 0.05) is 29.5 Å². The molecule has 1 aromatic carbocycles. The second-order valence-corrected chi connectivity index (χ2v) is 5.84. The first-order valence-corrected chi connectivity index (χ1v) is 8.15. The van der Waals surface area contributed by atoms with Gasteiger partial charge in [-0.15, -0.1) is 0 Å². The third-order valence-electron chi connectivity index (χ3n) is 3.67. The molecule has 1 atom stereocenters. The van der Waals surface area contributed by atoms with E-state index in [1.165, 1.54) is 6.20 Å². The molecule has 132 valence electrons. The SMILES string of the molecule is O=C(NC[C@@H](O)c1ccccc1Cl)c1cnc(-c2ccccn2)[nH]c1=O. The summed E-state index contributed by atoms with van der Waals surface area (Å²) >= 11 is 6.01. The van der Waals surface area contributed by atoms with Crippen LogP contribution in [0.5, 0.6) is 0 Å². The van der Waals surface area contributed by atoms with Crippen molar-refractivity contribution in [3.63, 3.8) is 0 Å². The average molecular weight is 371 g/mol. The van der Waals surface area contributed by atoms with E-state index in [0.29, 0.717) is 16.3 Å². The first-order chi connectivity index (χ1) is 12.6. The molecule has 0 spiro atoms. The number of aliphatic hydroxyl groups is 1. The van der Waals surface area contributed by atoms with Crippen LogP contribution in [0.15, 0.2) is 59.7 Å². The van der Waals surface area contributed by atoms with Gasteiger partial charge < -0.3 is 15.4 Å². The number of nitrogens with zero attached hydrogens (tertiary/aromatic N) is 2. The summed E-state index contributed by atoms with van der Waals surface area (Å²) in [6.45, 7) is -0.0933. The molecular weight excluding hydrogens is 356 g/mol. The highest BCUT2D eigenvalue weighted by atomic mass is 35.5. The molecule has 3 rings (SSSR count). The van der Waals surface area contributed by atoms with E-state index >= 15 is 0 Å². The van der Waals surface area contributed by atoms with Crippen LogP contribution in [0.25, 0.3) is 11.5 Å². The number of benzene rings is 1. The Kier molecular flexibility index (Phi) is 5.40. The maximum Gasteiger partial charge on any atom is 0.264 e. The van der Waals surface area contributed by atoms with Crippen molar-refractivity contribution < 1.29 is 9.90 Å². The van der Waals surface area contributed by atoms with Gasteiger partial charge in [0.15, 0.2) is 5.82 Å². The lowest BCUT2D eigenvalue weighted by Gasteiger charge is -2.13. The van der Waals surface area contributed by atoms with Crippen LogP contribution in [-0.2, 0) is 0 Å². The van der Waals surface area contributed by atoms with E-state index < -0.39 is 17.6 Å². The number of amides is 1. The maximum absolute atomic E-state index is 12.2. The lowest BCUT2D eigenvalue weighted by Crippen LogP contribution is -2.33. The van der Waals surface area contributed by atoms with E-state index in [1.54, 1.807) is 48.7 Å². The van der Waals surface area contributed by atoms with Gasteiger partial charge in [-0.1, -0.05) is 35.9 Å². The molecule has 0 aliphatic heterocycles. The number of aliphatic hydroxyl groups excluding tert-OH is 1. The van der Waals surface area contributed by atoms with Crippen LogP contribution in [0, 0.1) is 0 Å². The molecule has 0 bridgehead atoms. The highest BCUT2D eigenvalue weighted by Crippen LogP contribution is 2.21. The van der Waals surface area contributed by atoms with Gasteiger partial charge in [-0.2, -0.15) is 0 Å². The normalized spacial score (nSPS) is 11.8. The summed E-state index contributed by atoms with van der Waals surface area (Å²) in [6, 6.07) is 12.0. The molecule has 1 amide bonds. The number of carbonyl (C=O) groups is 1. The van der Waals surface area contributed by atoms with E-state index in [9.17, 15) is 14.7 Å². The molecule has 0 unspecified atom stereocenters. The molecule has 0 radical (unpaired) electrons. The highest BCUT2D eigenvalue weighted by Gasteiger charge is 2.16.